The van der Waals surface area contributed by atoms with Crippen LogP contribution in [0.5, 0.6) is 0 Å². The van der Waals surface area contributed by atoms with Gasteiger partial charge in [-0.25, -0.2) is 4.79 Å². The molecule has 0 bridgehead atoms. The maximum absolute atomic E-state index is 13.2. The number of aromatic nitrogens is 3. The first-order valence-corrected chi connectivity index (χ1v) is 15.0. The molecule has 1 heterocycles. The molecule has 1 unspecified atom stereocenters. The zero-order valence-electron chi connectivity index (χ0n) is 21.5. The van der Waals surface area contributed by atoms with Crippen LogP contribution in [0.2, 0.25) is 10.0 Å². The molecule has 9 heteroatoms. The molecule has 39 heavy (non-hydrogen) atoms. The van der Waals surface area contributed by atoms with Crippen molar-refractivity contribution in [2.24, 2.45) is 0 Å². The minimum absolute atomic E-state index is 0.191. The lowest BCUT2D eigenvalue weighted by Crippen LogP contribution is -2.45. The number of hydrogen-bond acceptors (Lipinski definition) is 4. The van der Waals surface area contributed by atoms with Crippen molar-refractivity contribution in [1.29, 1.82) is 0 Å². The second-order valence-corrected chi connectivity index (χ2v) is 11.5. The molecule has 4 aromatic rings. The van der Waals surface area contributed by atoms with Crippen molar-refractivity contribution in [1.82, 2.24) is 25.4 Å². The fourth-order valence-corrected chi connectivity index (χ4v) is 6.30. The fourth-order valence-electron chi connectivity index (χ4n) is 4.90. The van der Waals surface area contributed by atoms with Crippen molar-refractivity contribution < 1.29 is 4.79 Å². The van der Waals surface area contributed by atoms with E-state index in [4.69, 9.17) is 23.2 Å². The van der Waals surface area contributed by atoms with Gasteiger partial charge in [-0.1, -0.05) is 115 Å². The molecular formula is C30H31Cl2N5OS. The normalized spacial score (nSPS) is 14.6. The lowest BCUT2D eigenvalue weighted by Gasteiger charge is -2.25. The van der Waals surface area contributed by atoms with Gasteiger partial charge in [0, 0.05) is 23.2 Å². The standard InChI is InChI=1S/C30H31Cl2N5OS/c31-23-16-17-27(25(32)19-23)37-28(35-36-30(37)39-20-22-12-6-2-7-13-22)26(18-21-10-4-1-5-11-21)34-29(38)33-24-14-8-3-9-15-24/h1-2,4-7,10-13,16-17,19,24,26H,3,8-9,14-15,18,20H2,(H2,33,34,38). The molecule has 1 atom stereocenters. The Balaban J connectivity index is 1.50. The molecular weight excluding hydrogens is 549 g/mol. The van der Waals surface area contributed by atoms with Crippen molar-refractivity contribution >= 4 is 41.0 Å². The van der Waals surface area contributed by atoms with Crippen molar-refractivity contribution in [3.63, 3.8) is 0 Å². The van der Waals surface area contributed by atoms with Crippen molar-refractivity contribution in [3.05, 3.63) is 106 Å². The van der Waals surface area contributed by atoms with E-state index in [9.17, 15) is 4.79 Å². The van der Waals surface area contributed by atoms with Gasteiger partial charge in [-0.15, -0.1) is 10.2 Å². The van der Waals surface area contributed by atoms with Gasteiger partial charge in [-0.05, 0) is 42.2 Å². The summed E-state index contributed by atoms with van der Waals surface area (Å²) in [6.45, 7) is 0. The number of rotatable bonds is 9. The van der Waals surface area contributed by atoms with E-state index in [-0.39, 0.29) is 12.1 Å². The summed E-state index contributed by atoms with van der Waals surface area (Å²) >= 11 is 14.5. The number of nitrogens with one attached hydrogen (secondary N) is 2. The third-order valence-corrected chi connectivity index (χ3v) is 8.40. The third-order valence-electron chi connectivity index (χ3n) is 6.86. The molecule has 6 nitrogen and oxygen atoms in total. The molecule has 2 N–H and O–H groups in total. The zero-order chi connectivity index (χ0) is 27.0. The van der Waals surface area contributed by atoms with Gasteiger partial charge in [0.1, 0.15) is 0 Å². The maximum Gasteiger partial charge on any atom is 0.315 e. The first kappa shape index (κ1) is 27.6. The van der Waals surface area contributed by atoms with E-state index in [0.29, 0.717) is 38.9 Å². The van der Waals surface area contributed by atoms with E-state index in [1.807, 2.05) is 47.0 Å². The lowest BCUT2D eigenvalue weighted by atomic mass is 9.96. The van der Waals surface area contributed by atoms with Crippen LogP contribution < -0.4 is 10.6 Å². The number of nitrogens with zero attached hydrogens (tertiary/aromatic N) is 3. The van der Waals surface area contributed by atoms with Crippen LogP contribution in [0.3, 0.4) is 0 Å². The molecule has 1 aliphatic rings. The summed E-state index contributed by atoms with van der Waals surface area (Å²) < 4.78 is 1.95. The quantitative estimate of drug-likeness (QED) is 0.198. The summed E-state index contributed by atoms with van der Waals surface area (Å²) in [5.41, 5.74) is 2.96. The summed E-state index contributed by atoms with van der Waals surface area (Å²) in [4.78, 5) is 13.2. The Kier molecular flexibility index (Phi) is 9.45. The molecule has 1 aliphatic carbocycles. The Morgan fingerprint density at radius 3 is 2.31 bits per heavy atom. The minimum Gasteiger partial charge on any atom is -0.335 e. The molecule has 202 valence electrons. The lowest BCUT2D eigenvalue weighted by molar-refractivity contribution is 0.228. The number of urea groups is 1. The molecule has 0 radical (unpaired) electrons. The van der Waals surface area contributed by atoms with Gasteiger partial charge >= 0.3 is 6.03 Å². The number of carbonyl (C=O) groups is 1. The van der Waals surface area contributed by atoms with Gasteiger partial charge in [0.2, 0.25) is 0 Å². The molecule has 3 aromatic carbocycles. The van der Waals surface area contributed by atoms with Crippen LogP contribution in [0.4, 0.5) is 4.79 Å². The van der Waals surface area contributed by atoms with E-state index in [1.54, 1.807) is 23.9 Å². The monoisotopic (exact) mass is 579 g/mol. The van der Waals surface area contributed by atoms with Crippen molar-refractivity contribution in [2.45, 2.75) is 61.5 Å². The van der Waals surface area contributed by atoms with Crippen LogP contribution >= 0.6 is 35.0 Å². The highest BCUT2D eigenvalue weighted by Crippen LogP contribution is 2.33. The maximum atomic E-state index is 13.2. The summed E-state index contributed by atoms with van der Waals surface area (Å²) in [6, 6.07) is 25.2. The highest BCUT2D eigenvalue weighted by atomic mass is 35.5. The first-order chi connectivity index (χ1) is 19.1. The Bertz CT molecular complexity index is 1380. The highest BCUT2D eigenvalue weighted by Gasteiger charge is 2.27. The number of hydrogen-bond donors (Lipinski definition) is 2. The fraction of sp³-hybridized carbons (Fsp3) is 0.300. The third kappa shape index (κ3) is 7.35. The minimum atomic E-state index is -0.443. The van der Waals surface area contributed by atoms with Crippen LogP contribution in [0.15, 0.2) is 84.0 Å². The van der Waals surface area contributed by atoms with Gasteiger partial charge in [-0.3, -0.25) is 4.57 Å². The molecule has 2 amide bonds. The van der Waals surface area contributed by atoms with Crippen LogP contribution in [0.25, 0.3) is 5.69 Å². The summed E-state index contributed by atoms with van der Waals surface area (Å²) in [5, 5.41) is 17.3. The number of carbonyl (C=O) groups excluding carboxylic acids is 1. The van der Waals surface area contributed by atoms with E-state index in [0.717, 1.165) is 31.2 Å². The van der Waals surface area contributed by atoms with E-state index in [1.165, 1.54) is 12.0 Å². The topological polar surface area (TPSA) is 71.8 Å². The summed E-state index contributed by atoms with van der Waals surface area (Å²) in [6.07, 6.45) is 6.07. The SMILES string of the molecule is O=C(NC1CCCCC1)NC(Cc1ccccc1)c1nnc(SCc2ccccc2)n1-c1ccc(Cl)cc1Cl. The van der Waals surface area contributed by atoms with E-state index >= 15 is 0 Å². The molecule has 0 saturated heterocycles. The summed E-state index contributed by atoms with van der Waals surface area (Å²) in [7, 11) is 0. The van der Waals surface area contributed by atoms with Crippen LogP contribution in [-0.4, -0.2) is 26.8 Å². The van der Waals surface area contributed by atoms with Crippen LogP contribution in [-0.2, 0) is 12.2 Å². The highest BCUT2D eigenvalue weighted by molar-refractivity contribution is 7.98. The molecule has 0 aliphatic heterocycles. The van der Waals surface area contributed by atoms with Gasteiger partial charge in [-0.2, -0.15) is 0 Å². The van der Waals surface area contributed by atoms with Crippen LogP contribution in [0, 0.1) is 0 Å². The Labute approximate surface area is 243 Å². The molecule has 1 saturated carbocycles. The number of thioether (sulfide) groups is 1. The smallest absolute Gasteiger partial charge is 0.315 e. The van der Waals surface area contributed by atoms with Gasteiger partial charge < -0.3 is 10.6 Å². The number of halogens is 2. The number of amides is 2. The van der Waals surface area contributed by atoms with Gasteiger partial charge in [0.15, 0.2) is 11.0 Å². The Morgan fingerprint density at radius 2 is 1.62 bits per heavy atom. The van der Waals surface area contributed by atoms with E-state index < -0.39 is 6.04 Å². The predicted octanol–water partition coefficient (Wildman–Crippen LogP) is 7.78. The van der Waals surface area contributed by atoms with Crippen molar-refractivity contribution in [2.75, 3.05) is 0 Å². The molecule has 0 spiro atoms. The average Bonchev–Trinajstić information content (AvgIpc) is 3.37. The zero-order valence-corrected chi connectivity index (χ0v) is 23.9. The predicted molar refractivity (Wildman–Crippen MR) is 159 cm³/mol. The van der Waals surface area contributed by atoms with Gasteiger partial charge in [0.05, 0.1) is 16.8 Å². The molecule has 1 aromatic heterocycles. The van der Waals surface area contributed by atoms with Crippen molar-refractivity contribution in [3.8, 4) is 5.69 Å². The molecule has 1 fully saturated rings. The van der Waals surface area contributed by atoms with E-state index in [2.05, 4.69) is 45.1 Å². The molecule has 5 rings (SSSR count). The number of benzene rings is 3. The Morgan fingerprint density at radius 1 is 0.923 bits per heavy atom. The second-order valence-electron chi connectivity index (χ2n) is 9.74. The second kappa shape index (κ2) is 13.4. The Hall–Kier alpha value is -3.00. The van der Waals surface area contributed by atoms with Crippen LogP contribution in [0.1, 0.15) is 55.1 Å². The largest absolute Gasteiger partial charge is 0.335 e. The first-order valence-electron chi connectivity index (χ1n) is 13.3. The summed E-state index contributed by atoms with van der Waals surface area (Å²) in [5.74, 6) is 1.32. The van der Waals surface area contributed by atoms with Gasteiger partial charge in [0.25, 0.3) is 0 Å². The average molecular weight is 581 g/mol.